The molecule has 0 aliphatic rings. The van der Waals surface area contributed by atoms with Crippen LogP contribution in [-0.4, -0.2) is 30.7 Å². The van der Waals surface area contributed by atoms with Crippen LogP contribution in [0.25, 0.3) is 16.6 Å². The van der Waals surface area contributed by atoms with Gasteiger partial charge < -0.3 is 5.32 Å². The fraction of sp³-hybridized carbons (Fsp3) is 0.125. The molecule has 1 amide bonds. The lowest BCUT2D eigenvalue weighted by atomic mass is 10.2. The van der Waals surface area contributed by atoms with Crippen LogP contribution in [-0.2, 0) is 6.54 Å². The van der Waals surface area contributed by atoms with E-state index in [-0.39, 0.29) is 5.91 Å². The van der Waals surface area contributed by atoms with E-state index in [1.54, 1.807) is 16.9 Å². The lowest BCUT2D eigenvalue weighted by Crippen LogP contribution is -2.23. The number of H-pyrrole nitrogens is 1. The number of pyridine rings is 2. The number of carbonyl (C=O) groups is 1. The predicted molar refractivity (Wildman–Crippen MR) is 85.0 cm³/mol. The lowest BCUT2D eigenvalue weighted by Gasteiger charge is -2.03. The van der Waals surface area contributed by atoms with Crippen molar-refractivity contribution in [3.05, 3.63) is 59.7 Å². The fourth-order valence-corrected chi connectivity index (χ4v) is 2.56. The first kappa shape index (κ1) is 13.4. The van der Waals surface area contributed by atoms with Crippen LogP contribution >= 0.6 is 0 Å². The van der Waals surface area contributed by atoms with Crippen LogP contribution in [0, 0.1) is 6.92 Å². The van der Waals surface area contributed by atoms with Crippen LogP contribution in [0.3, 0.4) is 0 Å². The van der Waals surface area contributed by atoms with Crippen molar-refractivity contribution in [2.45, 2.75) is 13.5 Å². The molecule has 0 saturated heterocycles. The van der Waals surface area contributed by atoms with Crippen molar-refractivity contribution in [2.75, 3.05) is 0 Å². The largest absolute Gasteiger partial charge is 0.346 e. The molecule has 23 heavy (non-hydrogen) atoms. The highest BCUT2D eigenvalue weighted by atomic mass is 16.1. The maximum atomic E-state index is 12.4. The normalized spacial score (nSPS) is 11.2. The molecular formula is C16H14N6O. The number of amides is 1. The van der Waals surface area contributed by atoms with E-state index in [9.17, 15) is 4.79 Å². The number of hydrogen-bond donors (Lipinski definition) is 2. The van der Waals surface area contributed by atoms with Crippen LogP contribution in [0.4, 0.5) is 0 Å². The number of hydrogen-bond acceptors (Lipinski definition) is 4. The number of nitrogens with one attached hydrogen (secondary N) is 2. The summed E-state index contributed by atoms with van der Waals surface area (Å²) in [7, 11) is 0. The Bertz CT molecular complexity index is 1020. The molecule has 0 radical (unpaired) electrons. The average Bonchev–Trinajstić information content (AvgIpc) is 3.16. The van der Waals surface area contributed by atoms with E-state index in [0.717, 1.165) is 22.2 Å². The molecule has 4 aromatic heterocycles. The third-order valence-corrected chi connectivity index (χ3v) is 3.74. The van der Waals surface area contributed by atoms with Gasteiger partial charge in [-0.25, -0.2) is 9.50 Å². The monoisotopic (exact) mass is 306 g/mol. The molecule has 0 unspecified atom stereocenters. The number of aromatic amines is 1. The number of nitrogens with zero attached hydrogens (tertiary/aromatic N) is 4. The Morgan fingerprint density at radius 2 is 2.26 bits per heavy atom. The van der Waals surface area contributed by atoms with E-state index in [2.05, 4.69) is 25.6 Å². The molecule has 0 spiro atoms. The van der Waals surface area contributed by atoms with Gasteiger partial charge in [0, 0.05) is 17.8 Å². The quantitative estimate of drug-likeness (QED) is 0.604. The highest BCUT2D eigenvalue weighted by molar-refractivity contribution is 6.00. The number of fused-ring (bicyclic) bond motifs is 2. The zero-order valence-corrected chi connectivity index (χ0v) is 12.4. The van der Waals surface area contributed by atoms with Gasteiger partial charge in [0.1, 0.15) is 0 Å². The van der Waals surface area contributed by atoms with E-state index >= 15 is 0 Å². The van der Waals surface area contributed by atoms with Crippen molar-refractivity contribution in [1.29, 1.82) is 0 Å². The van der Waals surface area contributed by atoms with Gasteiger partial charge in [0.2, 0.25) is 0 Å². The zero-order valence-electron chi connectivity index (χ0n) is 12.4. The van der Waals surface area contributed by atoms with Gasteiger partial charge in [-0.3, -0.25) is 9.89 Å². The van der Waals surface area contributed by atoms with Gasteiger partial charge in [0.25, 0.3) is 5.91 Å². The Kier molecular flexibility index (Phi) is 3.04. The molecule has 7 heteroatoms. The van der Waals surface area contributed by atoms with Crippen LogP contribution in [0.2, 0.25) is 0 Å². The van der Waals surface area contributed by atoms with Crippen molar-refractivity contribution < 1.29 is 4.79 Å². The molecule has 0 aliphatic heterocycles. The second kappa shape index (κ2) is 5.20. The summed E-state index contributed by atoms with van der Waals surface area (Å²) in [6.45, 7) is 2.34. The van der Waals surface area contributed by atoms with Crippen LogP contribution < -0.4 is 5.32 Å². The summed E-state index contributed by atoms with van der Waals surface area (Å²) in [4.78, 5) is 16.6. The zero-order chi connectivity index (χ0) is 15.8. The summed E-state index contributed by atoms with van der Waals surface area (Å²) in [5.74, 6) is -0.171. The van der Waals surface area contributed by atoms with Crippen molar-refractivity contribution in [3.8, 4) is 0 Å². The summed E-state index contributed by atoms with van der Waals surface area (Å²) in [6, 6.07) is 7.62. The summed E-state index contributed by atoms with van der Waals surface area (Å²) in [5, 5.41) is 15.0. The smallest absolute Gasteiger partial charge is 0.255 e. The first-order valence-electron chi connectivity index (χ1n) is 7.22. The Morgan fingerprint density at radius 3 is 3.17 bits per heavy atom. The molecule has 0 fully saturated rings. The lowest BCUT2D eigenvalue weighted by molar-refractivity contribution is 0.0952. The van der Waals surface area contributed by atoms with Gasteiger partial charge in [-0.2, -0.15) is 10.2 Å². The third-order valence-electron chi connectivity index (χ3n) is 3.74. The average molecular weight is 306 g/mol. The maximum Gasteiger partial charge on any atom is 0.255 e. The SMILES string of the molecule is Cc1ccc2c(C(=O)NCc3[nH]nc4ncccc34)cnn2c1. The van der Waals surface area contributed by atoms with Gasteiger partial charge in [-0.05, 0) is 30.7 Å². The van der Waals surface area contributed by atoms with E-state index in [1.165, 1.54) is 0 Å². The van der Waals surface area contributed by atoms with E-state index < -0.39 is 0 Å². The number of rotatable bonds is 3. The Labute approximate surface area is 131 Å². The molecule has 4 rings (SSSR count). The van der Waals surface area contributed by atoms with Gasteiger partial charge in [-0.1, -0.05) is 6.07 Å². The van der Waals surface area contributed by atoms with Crippen LogP contribution in [0.15, 0.2) is 42.9 Å². The summed E-state index contributed by atoms with van der Waals surface area (Å²) in [5.41, 5.74) is 3.89. The molecular weight excluding hydrogens is 292 g/mol. The minimum Gasteiger partial charge on any atom is -0.346 e. The van der Waals surface area contributed by atoms with Gasteiger partial charge in [0.05, 0.1) is 29.5 Å². The molecule has 114 valence electrons. The van der Waals surface area contributed by atoms with E-state index in [0.29, 0.717) is 17.8 Å². The first-order valence-corrected chi connectivity index (χ1v) is 7.22. The first-order chi connectivity index (χ1) is 11.2. The van der Waals surface area contributed by atoms with Gasteiger partial charge in [-0.15, -0.1) is 0 Å². The van der Waals surface area contributed by atoms with Crippen LogP contribution in [0.1, 0.15) is 21.6 Å². The number of aryl methyl sites for hydroxylation is 1. The highest BCUT2D eigenvalue weighted by Gasteiger charge is 2.13. The molecule has 0 bridgehead atoms. The minimum absolute atomic E-state index is 0.171. The molecule has 0 saturated carbocycles. The van der Waals surface area contributed by atoms with Crippen molar-refractivity contribution in [2.24, 2.45) is 0 Å². The Balaban J connectivity index is 1.57. The fourth-order valence-electron chi connectivity index (χ4n) is 2.56. The molecule has 4 heterocycles. The summed E-state index contributed by atoms with van der Waals surface area (Å²) in [6.07, 6.45) is 5.16. The minimum atomic E-state index is -0.171. The molecule has 4 aromatic rings. The molecule has 0 aromatic carbocycles. The Morgan fingerprint density at radius 1 is 1.35 bits per heavy atom. The molecule has 0 aliphatic carbocycles. The summed E-state index contributed by atoms with van der Waals surface area (Å²) >= 11 is 0. The van der Waals surface area contributed by atoms with E-state index in [4.69, 9.17) is 0 Å². The third kappa shape index (κ3) is 2.32. The highest BCUT2D eigenvalue weighted by Crippen LogP contribution is 2.14. The number of carbonyl (C=O) groups excluding carboxylic acids is 1. The standard InChI is InChI=1S/C16H14N6O/c1-10-4-5-14-12(7-19-22(14)9-10)16(23)18-8-13-11-3-2-6-17-15(11)21-20-13/h2-7,9H,8H2,1H3,(H,18,23)(H,17,20,21). The topological polar surface area (TPSA) is 88.0 Å². The van der Waals surface area contributed by atoms with Crippen molar-refractivity contribution in [1.82, 2.24) is 30.1 Å². The van der Waals surface area contributed by atoms with Gasteiger partial charge in [0.15, 0.2) is 5.65 Å². The van der Waals surface area contributed by atoms with Crippen molar-refractivity contribution >= 4 is 22.5 Å². The summed E-state index contributed by atoms with van der Waals surface area (Å²) < 4.78 is 1.71. The molecule has 2 N–H and O–H groups in total. The van der Waals surface area contributed by atoms with Gasteiger partial charge >= 0.3 is 0 Å². The second-order valence-corrected chi connectivity index (χ2v) is 5.35. The molecule has 0 atom stereocenters. The molecule has 7 nitrogen and oxygen atoms in total. The predicted octanol–water partition coefficient (Wildman–Crippen LogP) is 1.84. The Hall–Kier alpha value is -3.22. The maximum absolute atomic E-state index is 12.4. The number of aromatic nitrogens is 5. The van der Waals surface area contributed by atoms with Crippen LogP contribution in [0.5, 0.6) is 0 Å². The second-order valence-electron chi connectivity index (χ2n) is 5.35. The van der Waals surface area contributed by atoms with Crippen molar-refractivity contribution in [3.63, 3.8) is 0 Å². The van der Waals surface area contributed by atoms with E-state index in [1.807, 2.05) is 37.4 Å².